The molecule has 0 bridgehead atoms. The number of methoxy groups -OCH3 is 1. The summed E-state index contributed by atoms with van der Waals surface area (Å²) in [7, 11) is 1.43. The summed E-state index contributed by atoms with van der Waals surface area (Å²) in [6.45, 7) is 0.0590. The lowest BCUT2D eigenvalue weighted by Crippen LogP contribution is -2.20. The third-order valence-electron chi connectivity index (χ3n) is 3.23. The molecular formula is C17H17NO6. The minimum absolute atomic E-state index is 0.00560. The molecule has 0 heterocycles. The molecule has 0 radical (unpaired) electrons. The molecule has 0 aliphatic rings. The van der Waals surface area contributed by atoms with E-state index >= 15 is 0 Å². The number of amides is 1. The summed E-state index contributed by atoms with van der Waals surface area (Å²) in [5, 5.41) is 40.1. The molecule has 2 aromatic carbocycles. The van der Waals surface area contributed by atoms with Crippen LogP contribution in [-0.2, 0) is 11.3 Å². The Morgan fingerprint density at radius 1 is 1.08 bits per heavy atom. The number of rotatable bonds is 5. The van der Waals surface area contributed by atoms with Gasteiger partial charge in [-0.05, 0) is 41.5 Å². The van der Waals surface area contributed by atoms with E-state index in [4.69, 9.17) is 4.74 Å². The Balaban J connectivity index is 1.98. The smallest absolute Gasteiger partial charge is 0.244 e. The average Bonchev–Trinajstić information content (AvgIpc) is 2.56. The van der Waals surface area contributed by atoms with Gasteiger partial charge in [-0.1, -0.05) is 6.07 Å². The van der Waals surface area contributed by atoms with Crippen molar-refractivity contribution in [2.75, 3.05) is 7.11 Å². The Morgan fingerprint density at radius 3 is 2.38 bits per heavy atom. The van der Waals surface area contributed by atoms with E-state index in [9.17, 15) is 25.2 Å². The van der Waals surface area contributed by atoms with Crippen molar-refractivity contribution < 1.29 is 30.0 Å². The minimum Gasteiger partial charge on any atom is -0.504 e. The standard InChI is InChI=1S/C17H17NO6/c1-24-15-8-10(2-4-12(15)19)3-5-16(22)18-9-11-6-13(20)17(23)14(21)7-11/h2-8,19-21,23H,9H2,1H3,(H,18,22). The maximum absolute atomic E-state index is 11.8. The minimum atomic E-state index is -0.605. The number of benzene rings is 2. The third kappa shape index (κ3) is 4.10. The Morgan fingerprint density at radius 2 is 1.75 bits per heavy atom. The molecule has 0 saturated heterocycles. The molecule has 24 heavy (non-hydrogen) atoms. The highest BCUT2D eigenvalue weighted by Crippen LogP contribution is 2.35. The van der Waals surface area contributed by atoms with Crippen molar-refractivity contribution in [2.24, 2.45) is 0 Å². The largest absolute Gasteiger partial charge is 0.504 e. The Bertz CT molecular complexity index is 762. The van der Waals surface area contributed by atoms with Crippen LogP contribution in [0.5, 0.6) is 28.7 Å². The molecule has 7 heteroatoms. The van der Waals surface area contributed by atoms with Crippen LogP contribution in [0.15, 0.2) is 36.4 Å². The summed E-state index contributed by atoms with van der Waals surface area (Å²) in [5.41, 5.74) is 1.09. The number of nitrogens with one attached hydrogen (secondary N) is 1. The summed E-state index contributed by atoms with van der Waals surface area (Å²) < 4.78 is 4.98. The Kier molecular flexibility index (Phi) is 5.16. The zero-order chi connectivity index (χ0) is 17.7. The molecule has 2 aromatic rings. The summed E-state index contributed by atoms with van der Waals surface area (Å²) >= 11 is 0. The van der Waals surface area contributed by atoms with Gasteiger partial charge in [0.15, 0.2) is 28.7 Å². The van der Waals surface area contributed by atoms with E-state index in [0.717, 1.165) is 0 Å². The molecule has 7 nitrogen and oxygen atoms in total. The zero-order valence-electron chi connectivity index (χ0n) is 12.9. The van der Waals surface area contributed by atoms with Crippen LogP contribution in [0, 0.1) is 0 Å². The Hall–Kier alpha value is -3.35. The predicted octanol–water partition coefficient (Wildman–Crippen LogP) is 1.85. The fourth-order valence-electron chi connectivity index (χ4n) is 1.98. The predicted molar refractivity (Wildman–Crippen MR) is 87.0 cm³/mol. The fraction of sp³-hybridized carbons (Fsp3) is 0.118. The quantitative estimate of drug-likeness (QED) is 0.421. The SMILES string of the molecule is COc1cc(C=CC(=O)NCc2cc(O)c(O)c(O)c2)ccc1O. The third-order valence-corrected chi connectivity index (χ3v) is 3.23. The first-order valence-corrected chi connectivity index (χ1v) is 6.97. The molecule has 0 unspecified atom stereocenters. The van der Waals surface area contributed by atoms with Crippen molar-refractivity contribution in [1.82, 2.24) is 5.32 Å². The second-order valence-corrected chi connectivity index (χ2v) is 4.97. The van der Waals surface area contributed by atoms with Gasteiger partial charge in [-0.2, -0.15) is 0 Å². The Labute approximate surface area is 138 Å². The van der Waals surface area contributed by atoms with E-state index < -0.39 is 23.2 Å². The first-order valence-electron chi connectivity index (χ1n) is 6.97. The van der Waals surface area contributed by atoms with E-state index in [0.29, 0.717) is 16.9 Å². The molecule has 0 fully saturated rings. The van der Waals surface area contributed by atoms with E-state index in [2.05, 4.69) is 5.32 Å². The number of carbonyl (C=O) groups is 1. The molecule has 2 rings (SSSR count). The van der Waals surface area contributed by atoms with Gasteiger partial charge in [-0.15, -0.1) is 0 Å². The molecule has 1 amide bonds. The van der Waals surface area contributed by atoms with Crippen LogP contribution in [0.4, 0.5) is 0 Å². The normalized spacial score (nSPS) is 10.7. The van der Waals surface area contributed by atoms with Crippen LogP contribution in [0.25, 0.3) is 6.08 Å². The summed E-state index contributed by atoms with van der Waals surface area (Å²) in [4.78, 5) is 11.8. The van der Waals surface area contributed by atoms with Crippen molar-refractivity contribution in [3.63, 3.8) is 0 Å². The molecule has 0 aromatic heterocycles. The van der Waals surface area contributed by atoms with Gasteiger partial charge in [-0.25, -0.2) is 0 Å². The first-order chi connectivity index (χ1) is 11.4. The van der Waals surface area contributed by atoms with Gasteiger partial charge in [0.25, 0.3) is 0 Å². The van der Waals surface area contributed by atoms with Crippen LogP contribution in [0.1, 0.15) is 11.1 Å². The van der Waals surface area contributed by atoms with E-state index in [1.165, 1.54) is 31.4 Å². The maximum Gasteiger partial charge on any atom is 0.244 e. The van der Waals surface area contributed by atoms with Gasteiger partial charge >= 0.3 is 0 Å². The van der Waals surface area contributed by atoms with Crippen LogP contribution < -0.4 is 10.1 Å². The van der Waals surface area contributed by atoms with Crippen molar-refractivity contribution in [3.05, 3.63) is 47.5 Å². The van der Waals surface area contributed by atoms with Gasteiger partial charge in [0.05, 0.1) is 7.11 Å². The molecule has 0 saturated carbocycles. The van der Waals surface area contributed by atoms with Crippen molar-refractivity contribution in [3.8, 4) is 28.7 Å². The van der Waals surface area contributed by atoms with Gasteiger partial charge in [0.2, 0.25) is 5.91 Å². The van der Waals surface area contributed by atoms with Crippen molar-refractivity contribution in [1.29, 1.82) is 0 Å². The lowest BCUT2D eigenvalue weighted by molar-refractivity contribution is -0.116. The van der Waals surface area contributed by atoms with Gasteiger partial charge in [0.1, 0.15) is 0 Å². The number of hydrogen-bond acceptors (Lipinski definition) is 6. The second-order valence-electron chi connectivity index (χ2n) is 4.97. The fourth-order valence-corrected chi connectivity index (χ4v) is 1.98. The number of ether oxygens (including phenoxy) is 1. The number of hydrogen-bond donors (Lipinski definition) is 5. The monoisotopic (exact) mass is 331 g/mol. The van der Waals surface area contributed by atoms with Gasteiger partial charge in [0, 0.05) is 12.6 Å². The highest BCUT2D eigenvalue weighted by atomic mass is 16.5. The number of carbonyl (C=O) groups excluding carboxylic acids is 1. The molecule has 0 atom stereocenters. The summed E-state index contributed by atoms with van der Waals surface area (Å²) in [5.74, 6) is -1.63. The maximum atomic E-state index is 11.8. The zero-order valence-corrected chi connectivity index (χ0v) is 12.9. The molecule has 0 aliphatic carbocycles. The highest BCUT2D eigenvalue weighted by molar-refractivity contribution is 5.91. The molecule has 0 aliphatic heterocycles. The molecule has 0 spiro atoms. The number of phenols is 4. The summed E-state index contributed by atoms with van der Waals surface area (Å²) in [6, 6.07) is 7.14. The molecule has 5 N–H and O–H groups in total. The van der Waals surface area contributed by atoms with Crippen LogP contribution >= 0.6 is 0 Å². The van der Waals surface area contributed by atoms with E-state index in [-0.39, 0.29) is 12.3 Å². The number of aromatic hydroxyl groups is 4. The topological polar surface area (TPSA) is 119 Å². The van der Waals surface area contributed by atoms with E-state index in [1.54, 1.807) is 18.2 Å². The van der Waals surface area contributed by atoms with Crippen molar-refractivity contribution in [2.45, 2.75) is 6.54 Å². The first kappa shape index (κ1) is 17.0. The highest BCUT2D eigenvalue weighted by Gasteiger charge is 2.08. The van der Waals surface area contributed by atoms with Crippen LogP contribution in [-0.4, -0.2) is 33.4 Å². The van der Waals surface area contributed by atoms with Crippen LogP contribution in [0.3, 0.4) is 0 Å². The lowest BCUT2D eigenvalue weighted by atomic mass is 10.1. The van der Waals surface area contributed by atoms with Crippen LogP contribution in [0.2, 0.25) is 0 Å². The summed E-state index contributed by atoms with van der Waals surface area (Å²) in [6.07, 6.45) is 2.84. The molecule has 126 valence electrons. The van der Waals surface area contributed by atoms with Gasteiger partial charge in [-0.3, -0.25) is 4.79 Å². The number of phenolic OH excluding ortho intramolecular Hbond substituents is 4. The second kappa shape index (κ2) is 7.28. The average molecular weight is 331 g/mol. The van der Waals surface area contributed by atoms with Crippen molar-refractivity contribution >= 4 is 12.0 Å². The van der Waals surface area contributed by atoms with E-state index in [1.807, 2.05) is 0 Å². The molecular weight excluding hydrogens is 314 g/mol. The lowest BCUT2D eigenvalue weighted by Gasteiger charge is -2.06. The van der Waals surface area contributed by atoms with Gasteiger partial charge < -0.3 is 30.5 Å².